The average Bonchev–Trinajstić information content (AvgIpc) is 2.57. The van der Waals surface area contributed by atoms with Crippen molar-refractivity contribution in [2.45, 2.75) is 57.6 Å². The molecule has 2 unspecified atom stereocenters. The van der Waals surface area contributed by atoms with Crippen LogP contribution in [0.5, 0.6) is 0 Å². The standard InChI is InChI=1S/C13H24N2O2/c1-11-10-12(6-9-17-11)14-13(16)15-7-4-2-3-5-8-15/h11-12H,2-10H2,1H3,(H,14,16). The molecule has 2 amide bonds. The van der Waals surface area contributed by atoms with Gasteiger partial charge in [0.25, 0.3) is 0 Å². The summed E-state index contributed by atoms with van der Waals surface area (Å²) in [6.07, 6.45) is 6.99. The summed E-state index contributed by atoms with van der Waals surface area (Å²) < 4.78 is 5.49. The largest absolute Gasteiger partial charge is 0.378 e. The quantitative estimate of drug-likeness (QED) is 0.763. The van der Waals surface area contributed by atoms with Crippen molar-refractivity contribution in [1.82, 2.24) is 10.2 Å². The van der Waals surface area contributed by atoms with Crippen molar-refractivity contribution < 1.29 is 9.53 Å². The van der Waals surface area contributed by atoms with Gasteiger partial charge in [0.15, 0.2) is 0 Å². The van der Waals surface area contributed by atoms with Crippen molar-refractivity contribution in [3.63, 3.8) is 0 Å². The highest BCUT2D eigenvalue weighted by Crippen LogP contribution is 2.14. The van der Waals surface area contributed by atoms with Crippen LogP contribution in [0.3, 0.4) is 0 Å². The smallest absolute Gasteiger partial charge is 0.317 e. The Hall–Kier alpha value is -0.770. The van der Waals surface area contributed by atoms with Crippen molar-refractivity contribution in [1.29, 1.82) is 0 Å². The van der Waals surface area contributed by atoms with Gasteiger partial charge in [-0.1, -0.05) is 12.8 Å². The van der Waals surface area contributed by atoms with Crippen molar-refractivity contribution >= 4 is 6.03 Å². The number of hydrogen-bond donors (Lipinski definition) is 1. The first kappa shape index (κ1) is 12.7. The zero-order valence-electron chi connectivity index (χ0n) is 10.8. The molecule has 2 aliphatic heterocycles. The highest BCUT2D eigenvalue weighted by molar-refractivity contribution is 5.74. The first-order valence-electron chi connectivity index (χ1n) is 6.93. The molecule has 2 heterocycles. The average molecular weight is 240 g/mol. The van der Waals surface area contributed by atoms with E-state index in [1.165, 1.54) is 12.8 Å². The SMILES string of the molecule is CC1CC(NC(=O)N2CCCCCC2)CCO1. The van der Waals surface area contributed by atoms with Gasteiger partial charge in [-0.3, -0.25) is 0 Å². The second-order valence-corrected chi connectivity index (χ2v) is 5.25. The van der Waals surface area contributed by atoms with E-state index >= 15 is 0 Å². The van der Waals surface area contributed by atoms with E-state index in [1.54, 1.807) is 0 Å². The Morgan fingerprint density at radius 1 is 1.24 bits per heavy atom. The Morgan fingerprint density at radius 3 is 2.59 bits per heavy atom. The van der Waals surface area contributed by atoms with Crippen LogP contribution >= 0.6 is 0 Å². The molecule has 4 heteroatoms. The highest BCUT2D eigenvalue weighted by Gasteiger charge is 2.23. The van der Waals surface area contributed by atoms with Crippen LogP contribution < -0.4 is 5.32 Å². The predicted octanol–water partition coefficient (Wildman–Crippen LogP) is 2.14. The lowest BCUT2D eigenvalue weighted by Crippen LogP contribution is -2.48. The maximum absolute atomic E-state index is 12.1. The van der Waals surface area contributed by atoms with E-state index in [2.05, 4.69) is 12.2 Å². The molecule has 0 bridgehead atoms. The summed E-state index contributed by atoms with van der Waals surface area (Å²) >= 11 is 0. The Kier molecular flexibility index (Phi) is 4.66. The molecule has 0 spiro atoms. The molecule has 2 rings (SSSR count). The summed E-state index contributed by atoms with van der Waals surface area (Å²) in [5, 5.41) is 3.15. The highest BCUT2D eigenvalue weighted by atomic mass is 16.5. The van der Waals surface area contributed by atoms with Gasteiger partial charge in [-0.2, -0.15) is 0 Å². The zero-order valence-corrected chi connectivity index (χ0v) is 10.8. The van der Waals surface area contributed by atoms with Gasteiger partial charge in [-0.15, -0.1) is 0 Å². The van der Waals surface area contributed by atoms with Crippen LogP contribution in [0, 0.1) is 0 Å². The third kappa shape index (κ3) is 3.87. The van der Waals surface area contributed by atoms with Gasteiger partial charge >= 0.3 is 6.03 Å². The van der Waals surface area contributed by atoms with Crippen LogP contribution in [-0.4, -0.2) is 42.8 Å². The maximum Gasteiger partial charge on any atom is 0.317 e. The normalized spacial score (nSPS) is 30.8. The summed E-state index contributed by atoms with van der Waals surface area (Å²) in [7, 11) is 0. The minimum absolute atomic E-state index is 0.131. The lowest BCUT2D eigenvalue weighted by atomic mass is 10.0. The van der Waals surface area contributed by atoms with Gasteiger partial charge in [0.2, 0.25) is 0 Å². The second kappa shape index (κ2) is 6.24. The lowest BCUT2D eigenvalue weighted by Gasteiger charge is -2.30. The third-order valence-electron chi connectivity index (χ3n) is 3.71. The molecule has 0 aliphatic carbocycles. The van der Waals surface area contributed by atoms with Gasteiger partial charge in [0.1, 0.15) is 0 Å². The van der Waals surface area contributed by atoms with Gasteiger partial charge < -0.3 is 15.0 Å². The molecule has 2 fully saturated rings. The monoisotopic (exact) mass is 240 g/mol. The number of urea groups is 1. The first-order chi connectivity index (χ1) is 8.25. The Morgan fingerprint density at radius 2 is 1.94 bits per heavy atom. The first-order valence-corrected chi connectivity index (χ1v) is 6.93. The van der Waals surface area contributed by atoms with Crippen LogP contribution in [0.25, 0.3) is 0 Å². The number of rotatable bonds is 1. The van der Waals surface area contributed by atoms with E-state index in [0.29, 0.717) is 6.04 Å². The van der Waals surface area contributed by atoms with Crippen molar-refractivity contribution in [2.75, 3.05) is 19.7 Å². The molecule has 98 valence electrons. The van der Waals surface area contributed by atoms with Crippen molar-refractivity contribution in [3.05, 3.63) is 0 Å². The molecule has 1 N–H and O–H groups in total. The molecule has 4 nitrogen and oxygen atoms in total. The van der Waals surface area contributed by atoms with Crippen molar-refractivity contribution in [2.24, 2.45) is 0 Å². The number of carbonyl (C=O) groups is 1. The fraction of sp³-hybridized carbons (Fsp3) is 0.923. The topological polar surface area (TPSA) is 41.6 Å². The third-order valence-corrected chi connectivity index (χ3v) is 3.71. The molecular weight excluding hydrogens is 216 g/mol. The molecule has 2 saturated heterocycles. The van der Waals surface area contributed by atoms with Gasteiger partial charge in [0, 0.05) is 25.7 Å². The molecule has 17 heavy (non-hydrogen) atoms. The van der Waals surface area contributed by atoms with Crippen LogP contribution in [-0.2, 0) is 4.74 Å². The lowest BCUT2D eigenvalue weighted by molar-refractivity contribution is 0.0145. The Bertz CT molecular complexity index is 250. The number of carbonyl (C=O) groups excluding carboxylic acids is 1. The molecule has 2 aliphatic rings. The van der Waals surface area contributed by atoms with Crippen LogP contribution in [0.2, 0.25) is 0 Å². The zero-order chi connectivity index (χ0) is 12.1. The van der Waals surface area contributed by atoms with Gasteiger partial charge in [-0.25, -0.2) is 4.79 Å². The van der Waals surface area contributed by atoms with E-state index in [1.807, 2.05) is 4.90 Å². The van der Waals surface area contributed by atoms with E-state index < -0.39 is 0 Å². The molecule has 0 aromatic rings. The second-order valence-electron chi connectivity index (χ2n) is 5.25. The van der Waals surface area contributed by atoms with Crippen LogP contribution in [0.1, 0.15) is 45.4 Å². The predicted molar refractivity (Wildman–Crippen MR) is 67.0 cm³/mol. The number of amides is 2. The van der Waals surface area contributed by atoms with Crippen molar-refractivity contribution in [3.8, 4) is 0 Å². The van der Waals surface area contributed by atoms with Crippen LogP contribution in [0.15, 0.2) is 0 Å². The molecule has 0 saturated carbocycles. The van der Waals surface area contributed by atoms with E-state index in [0.717, 1.165) is 45.4 Å². The van der Waals surface area contributed by atoms with E-state index in [-0.39, 0.29) is 12.1 Å². The Balaban J connectivity index is 1.78. The fourth-order valence-electron chi connectivity index (χ4n) is 2.67. The summed E-state index contributed by atoms with van der Waals surface area (Å²) in [4.78, 5) is 14.1. The molecular formula is C13H24N2O2. The number of hydrogen-bond acceptors (Lipinski definition) is 2. The number of nitrogens with zero attached hydrogens (tertiary/aromatic N) is 1. The summed E-state index contributed by atoms with van der Waals surface area (Å²) in [6, 6.07) is 0.431. The summed E-state index contributed by atoms with van der Waals surface area (Å²) in [6.45, 7) is 4.69. The molecule has 2 atom stereocenters. The summed E-state index contributed by atoms with van der Waals surface area (Å²) in [5.41, 5.74) is 0. The van der Waals surface area contributed by atoms with Gasteiger partial charge in [0.05, 0.1) is 6.10 Å². The minimum atomic E-state index is 0.131. The molecule has 0 aromatic heterocycles. The number of likely N-dealkylation sites (tertiary alicyclic amines) is 1. The Labute approximate surface area is 104 Å². The van der Waals surface area contributed by atoms with E-state index in [9.17, 15) is 4.79 Å². The molecule has 0 radical (unpaired) electrons. The number of nitrogens with one attached hydrogen (secondary N) is 1. The van der Waals surface area contributed by atoms with E-state index in [4.69, 9.17) is 4.74 Å². The van der Waals surface area contributed by atoms with Gasteiger partial charge in [-0.05, 0) is 32.6 Å². The minimum Gasteiger partial charge on any atom is -0.378 e. The number of ether oxygens (including phenoxy) is 1. The maximum atomic E-state index is 12.1. The fourth-order valence-corrected chi connectivity index (χ4v) is 2.67. The van der Waals surface area contributed by atoms with Crippen LogP contribution in [0.4, 0.5) is 4.79 Å². The molecule has 0 aromatic carbocycles. The summed E-state index contributed by atoms with van der Waals surface area (Å²) in [5.74, 6) is 0.